The van der Waals surface area contributed by atoms with Crippen molar-refractivity contribution in [3.63, 3.8) is 0 Å². The molecule has 2 rings (SSSR count). The smallest absolute Gasteiger partial charge is 0.0270 e. The fourth-order valence-electron chi connectivity index (χ4n) is 2.48. The Morgan fingerprint density at radius 3 is 2.26 bits per heavy atom. The number of aromatic nitrogens is 1. The van der Waals surface area contributed by atoms with Gasteiger partial charge in [-0.25, -0.2) is 0 Å². The van der Waals surface area contributed by atoms with Crippen LogP contribution in [-0.2, 0) is 38.0 Å². The van der Waals surface area contributed by atoms with Crippen molar-refractivity contribution in [2.75, 3.05) is 0 Å². The summed E-state index contributed by atoms with van der Waals surface area (Å²) in [6.07, 6.45) is 5.88. The zero-order valence-electron chi connectivity index (χ0n) is 13.2. The number of nitrogens with zero attached hydrogens (tertiary/aromatic N) is 2. The third-order valence-electron chi connectivity index (χ3n) is 3.51. The van der Waals surface area contributed by atoms with Gasteiger partial charge in [-0.3, -0.25) is 25.4 Å². The molecule has 5 nitrogen and oxygen atoms in total. The van der Waals surface area contributed by atoms with Gasteiger partial charge in [0.1, 0.15) is 0 Å². The largest absolute Gasteiger partial charge is 0.654 e. The van der Waals surface area contributed by atoms with E-state index in [0.717, 1.165) is 23.8 Å². The van der Waals surface area contributed by atoms with Crippen molar-refractivity contribution in [2.24, 2.45) is 5.92 Å². The monoisotopic (exact) mass is 377 g/mol. The van der Waals surface area contributed by atoms with E-state index in [1.165, 1.54) is 19.3 Å². The van der Waals surface area contributed by atoms with Crippen LogP contribution in [-0.4, -0.2) is 37.1 Å². The molecule has 0 saturated heterocycles. The van der Waals surface area contributed by atoms with Crippen molar-refractivity contribution in [1.82, 2.24) is 4.98 Å². The molecule has 0 aromatic carbocycles. The van der Waals surface area contributed by atoms with Gasteiger partial charge in [0.15, 0.2) is 0 Å². The van der Waals surface area contributed by atoms with Crippen LogP contribution >= 0.6 is 9.24 Å². The van der Waals surface area contributed by atoms with Gasteiger partial charge in [0, 0.05) is 29.0 Å². The van der Waals surface area contributed by atoms with E-state index in [1.807, 2.05) is 24.4 Å². The molecule has 1 aromatic heterocycles. The summed E-state index contributed by atoms with van der Waals surface area (Å²) in [6, 6.07) is 6.48. The zero-order valence-corrected chi connectivity index (χ0v) is 15.5. The Balaban J connectivity index is -0.000000514. The first-order valence-electron chi connectivity index (χ1n) is 6.80. The van der Waals surface area contributed by atoms with Gasteiger partial charge in [0.05, 0.1) is 0 Å². The molecule has 3 unspecified atom stereocenters. The van der Waals surface area contributed by atoms with E-state index in [4.69, 9.17) is 19.7 Å². The molecule has 1 radical (unpaired) electrons. The Kier molecular flexibility index (Phi) is 22.4. The first-order valence-corrected chi connectivity index (χ1v) is 7.47. The molecule has 131 valence electrons. The summed E-state index contributed by atoms with van der Waals surface area (Å²) >= 11 is 0. The number of pyridine rings is 1. The maximum atomic E-state index is 7.75. The minimum Gasteiger partial charge on any atom is -0.654 e. The zero-order chi connectivity index (χ0) is 17.4. The number of rotatable bonds is 4. The van der Waals surface area contributed by atoms with E-state index in [1.54, 1.807) is 0 Å². The van der Waals surface area contributed by atoms with Crippen LogP contribution in [0.2, 0.25) is 0 Å². The van der Waals surface area contributed by atoms with Gasteiger partial charge >= 0.3 is 0 Å². The van der Waals surface area contributed by atoms with E-state index in [2.05, 4.69) is 41.5 Å². The minimum absolute atomic E-state index is 0. The van der Waals surface area contributed by atoms with Crippen LogP contribution in [0.3, 0.4) is 0 Å². The molecule has 0 aliphatic heterocycles. The van der Waals surface area contributed by atoms with E-state index >= 15 is 0 Å². The molecular formula is C16H23MnN2O3P-4. The predicted octanol–water partition coefficient (Wildman–Crippen LogP) is 2.56. The summed E-state index contributed by atoms with van der Waals surface area (Å²) in [5, 5.41) is 4.75. The van der Waals surface area contributed by atoms with Gasteiger partial charge in [-0.15, -0.1) is 21.8 Å². The second kappa shape index (κ2) is 19.1. The summed E-state index contributed by atoms with van der Waals surface area (Å²) in [4.78, 5) is 27.5. The van der Waals surface area contributed by atoms with E-state index < -0.39 is 0 Å². The van der Waals surface area contributed by atoms with Crippen LogP contribution in [0.15, 0.2) is 24.4 Å². The van der Waals surface area contributed by atoms with Crippen LogP contribution in [0.4, 0.5) is 0 Å². The Morgan fingerprint density at radius 2 is 1.83 bits per heavy atom. The molecule has 1 fully saturated rings. The summed E-state index contributed by atoms with van der Waals surface area (Å²) in [5.41, 5.74) is 1.84. The first-order chi connectivity index (χ1) is 10.8. The maximum absolute atomic E-state index is 7.75. The van der Waals surface area contributed by atoms with E-state index in [-0.39, 0.29) is 17.1 Å². The summed E-state index contributed by atoms with van der Waals surface area (Å²) in [7, 11) is 2.98. The van der Waals surface area contributed by atoms with Crippen molar-refractivity contribution >= 4 is 29.6 Å². The normalized spacial score (nSPS) is 19.2. The van der Waals surface area contributed by atoms with Gasteiger partial charge in [0.2, 0.25) is 0 Å². The summed E-state index contributed by atoms with van der Waals surface area (Å²) in [5.74, 6) is 0.758. The molecule has 23 heavy (non-hydrogen) atoms. The Labute approximate surface area is 152 Å². The number of hydrogen-bond donors (Lipinski definition) is 0. The van der Waals surface area contributed by atoms with Crippen LogP contribution in [0, 0.1) is 5.92 Å². The van der Waals surface area contributed by atoms with Gasteiger partial charge in [-0.1, -0.05) is 31.7 Å². The maximum Gasteiger partial charge on any atom is 0.0270 e. The van der Waals surface area contributed by atoms with Gasteiger partial charge in [-0.05, 0) is 24.2 Å². The average Bonchev–Trinajstić information content (AvgIpc) is 3.05. The van der Waals surface area contributed by atoms with Crippen molar-refractivity contribution in [3.8, 4) is 0 Å². The second-order valence-corrected chi connectivity index (χ2v) is 5.52. The standard InChI is InChI=1S/C13H20N2P.3CHO.Mn/c1-10(12-6-4-7-13(12)16)15-9-11-5-2-3-8-14-11;3*1-2;/h2-3,5,8,10,12-13H,4,6-7,9,16H2,1H3;3*1H;/q4*-1;/t10-,12?,13?;;;;/m1..../s1. The Hall–Kier alpha value is -0.931. The Morgan fingerprint density at radius 1 is 1.22 bits per heavy atom. The molecule has 4 atom stereocenters. The topological polar surface area (TPSA) is 78.2 Å². The molecule has 0 amide bonds. The predicted molar refractivity (Wildman–Crippen MR) is 91.9 cm³/mol. The SMILES string of the molecule is C[C@@H]([N-]Cc1ccccn1)C1CCCC1P.[CH-]=O.[CH-]=O.[CH-]=O.[Mn]. The number of hydrogen-bond acceptors (Lipinski definition) is 4. The molecule has 0 N–H and O–H groups in total. The molecule has 1 aromatic rings. The second-order valence-electron chi connectivity index (χ2n) is 4.66. The third kappa shape index (κ3) is 11.3. The van der Waals surface area contributed by atoms with Gasteiger partial charge in [0.25, 0.3) is 0 Å². The quantitative estimate of drug-likeness (QED) is 0.350. The fraction of sp³-hybridized carbons (Fsp3) is 0.500. The molecular weight excluding hydrogens is 354 g/mol. The molecule has 0 spiro atoms. The molecule has 1 aliphatic carbocycles. The minimum atomic E-state index is 0. The fourth-order valence-corrected chi connectivity index (χ4v) is 3.23. The molecule has 1 heterocycles. The average molecular weight is 377 g/mol. The first kappa shape index (κ1) is 26.9. The van der Waals surface area contributed by atoms with Crippen molar-refractivity contribution in [1.29, 1.82) is 0 Å². The van der Waals surface area contributed by atoms with Gasteiger partial charge < -0.3 is 19.7 Å². The van der Waals surface area contributed by atoms with Crippen molar-refractivity contribution in [2.45, 2.75) is 44.4 Å². The van der Waals surface area contributed by atoms with Gasteiger partial charge in [-0.2, -0.15) is 0 Å². The molecule has 1 aliphatic rings. The molecule has 1 saturated carbocycles. The Bertz CT molecular complexity index is 369. The number of carbonyl (C=O) groups excluding carboxylic acids is 3. The van der Waals surface area contributed by atoms with Crippen LogP contribution < -0.4 is 0 Å². The third-order valence-corrected chi connectivity index (χ3v) is 4.34. The van der Waals surface area contributed by atoms with E-state index in [0.29, 0.717) is 6.04 Å². The van der Waals surface area contributed by atoms with E-state index in [9.17, 15) is 0 Å². The molecule has 0 bridgehead atoms. The van der Waals surface area contributed by atoms with Crippen molar-refractivity contribution < 1.29 is 31.5 Å². The summed E-state index contributed by atoms with van der Waals surface area (Å²) in [6.45, 7) is 12.8. The summed E-state index contributed by atoms with van der Waals surface area (Å²) < 4.78 is 0. The van der Waals surface area contributed by atoms with Crippen LogP contribution in [0.1, 0.15) is 31.9 Å². The molecule has 7 heteroatoms. The van der Waals surface area contributed by atoms with Crippen LogP contribution in [0.5, 0.6) is 0 Å². The van der Waals surface area contributed by atoms with Crippen molar-refractivity contribution in [3.05, 3.63) is 35.4 Å². The van der Waals surface area contributed by atoms with Crippen LogP contribution in [0.25, 0.3) is 5.32 Å².